The molecule has 2 rings (SSSR count). The van der Waals surface area contributed by atoms with Crippen LogP contribution in [0.2, 0.25) is 0 Å². The predicted molar refractivity (Wildman–Crippen MR) is 73.5 cm³/mol. The number of aromatic nitrogens is 1. The fraction of sp³-hybridized carbons (Fsp3) is 0.143. The van der Waals surface area contributed by atoms with Gasteiger partial charge in [-0.1, -0.05) is 12.1 Å². The van der Waals surface area contributed by atoms with Gasteiger partial charge in [-0.05, 0) is 24.6 Å². The Kier molecular flexibility index (Phi) is 4.13. The van der Waals surface area contributed by atoms with Gasteiger partial charge in [-0.2, -0.15) is 0 Å². The maximum atomic E-state index is 10.7. The summed E-state index contributed by atoms with van der Waals surface area (Å²) >= 11 is 0. The number of carboxylic acid groups (broad SMARTS) is 1. The first kappa shape index (κ1) is 14.4. The molecule has 0 aliphatic rings. The summed E-state index contributed by atoms with van der Waals surface area (Å²) in [4.78, 5) is 24.6. The molecule has 1 N–H and O–H groups in total. The Morgan fingerprint density at radius 3 is 2.57 bits per heavy atom. The number of nitro groups is 1. The van der Waals surface area contributed by atoms with Gasteiger partial charge in [0.1, 0.15) is 11.9 Å². The first-order valence-corrected chi connectivity index (χ1v) is 6.05. The van der Waals surface area contributed by atoms with Crippen LogP contribution in [0.3, 0.4) is 0 Å². The molecule has 1 heterocycles. The molecule has 21 heavy (non-hydrogen) atoms. The summed E-state index contributed by atoms with van der Waals surface area (Å²) < 4.78 is 5.47. The van der Waals surface area contributed by atoms with Gasteiger partial charge in [0.05, 0.1) is 11.3 Å². The van der Waals surface area contributed by atoms with E-state index in [1.54, 1.807) is 31.2 Å². The molecule has 0 amide bonds. The van der Waals surface area contributed by atoms with Gasteiger partial charge in [-0.15, -0.1) is 0 Å². The second kappa shape index (κ2) is 6.00. The van der Waals surface area contributed by atoms with Crippen molar-refractivity contribution in [2.75, 3.05) is 0 Å². The Bertz CT molecular complexity index is 682. The van der Waals surface area contributed by atoms with Crippen molar-refractivity contribution in [1.82, 2.24) is 4.98 Å². The third-order valence-electron chi connectivity index (χ3n) is 2.76. The second-order valence-electron chi connectivity index (χ2n) is 4.38. The molecular weight excluding hydrogens is 276 g/mol. The van der Waals surface area contributed by atoms with E-state index < -0.39 is 10.9 Å². The molecule has 1 aromatic heterocycles. The number of nitrogens with zero attached hydrogens (tertiary/aromatic N) is 2. The highest BCUT2D eigenvalue weighted by Crippen LogP contribution is 2.24. The quantitative estimate of drug-likeness (QED) is 0.670. The summed E-state index contributed by atoms with van der Waals surface area (Å²) in [6.07, 6.45) is 1.08. The van der Waals surface area contributed by atoms with Crippen LogP contribution in [-0.2, 0) is 11.2 Å². The molecule has 0 aliphatic heterocycles. The number of hydrogen-bond acceptors (Lipinski definition) is 5. The molecule has 0 bridgehead atoms. The van der Waals surface area contributed by atoms with Crippen LogP contribution < -0.4 is 4.74 Å². The number of ether oxygens (including phenoxy) is 1. The number of aryl methyl sites for hydroxylation is 1. The molecule has 0 aliphatic carbocycles. The van der Waals surface area contributed by atoms with Crippen molar-refractivity contribution in [1.29, 1.82) is 0 Å². The largest absolute Gasteiger partial charge is 0.481 e. The molecule has 0 saturated heterocycles. The van der Waals surface area contributed by atoms with Crippen molar-refractivity contribution < 1.29 is 19.6 Å². The molecule has 1 aromatic carbocycles. The average molecular weight is 288 g/mol. The van der Waals surface area contributed by atoms with E-state index in [-0.39, 0.29) is 18.0 Å². The summed E-state index contributed by atoms with van der Waals surface area (Å²) in [5, 5.41) is 19.4. The van der Waals surface area contributed by atoms with Crippen molar-refractivity contribution in [3.05, 3.63) is 57.8 Å². The molecule has 0 spiro atoms. The van der Waals surface area contributed by atoms with E-state index in [2.05, 4.69) is 4.98 Å². The van der Waals surface area contributed by atoms with Gasteiger partial charge in [0.25, 0.3) is 5.69 Å². The molecule has 0 radical (unpaired) electrons. The van der Waals surface area contributed by atoms with Crippen molar-refractivity contribution in [3.8, 4) is 11.6 Å². The summed E-state index contributed by atoms with van der Waals surface area (Å²) in [7, 11) is 0. The lowest BCUT2D eigenvalue weighted by Gasteiger charge is -2.06. The number of pyridine rings is 1. The first-order chi connectivity index (χ1) is 9.95. The van der Waals surface area contributed by atoms with Gasteiger partial charge in [0.2, 0.25) is 5.88 Å². The summed E-state index contributed by atoms with van der Waals surface area (Å²) in [6, 6.07) is 8.00. The molecule has 108 valence electrons. The fourth-order valence-electron chi connectivity index (χ4n) is 1.74. The third-order valence-corrected chi connectivity index (χ3v) is 2.76. The van der Waals surface area contributed by atoms with Gasteiger partial charge in [-0.25, -0.2) is 4.98 Å². The standard InChI is InChI=1S/C14H12N2O5/c1-9-6-13(15-8-12(9)16(19)20)21-11-4-2-10(3-5-11)7-14(17)18/h2-6,8H,7H2,1H3,(H,17,18). The van der Waals surface area contributed by atoms with Gasteiger partial charge < -0.3 is 9.84 Å². The van der Waals surface area contributed by atoms with Crippen LogP contribution in [0.4, 0.5) is 5.69 Å². The monoisotopic (exact) mass is 288 g/mol. The molecule has 0 fully saturated rings. The Balaban J connectivity index is 2.13. The highest BCUT2D eigenvalue weighted by atomic mass is 16.6. The first-order valence-electron chi connectivity index (χ1n) is 6.05. The van der Waals surface area contributed by atoms with Crippen LogP contribution in [0.1, 0.15) is 11.1 Å². The number of hydrogen-bond donors (Lipinski definition) is 1. The van der Waals surface area contributed by atoms with Crippen molar-refractivity contribution >= 4 is 11.7 Å². The lowest BCUT2D eigenvalue weighted by atomic mass is 10.1. The SMILES string of the molecule is Cc1cc(Oc2ccc(CC(=O)O)cc2)ncc1[N+](=O)[O-]. The zero-order valence-corrected chi connectivity index (χ0v) is 11.1. The molecule has 2 aromatic rings. The molecule has 7 nitrogen and oxygen atoms in total. The molecular formula is C14H12N2O5. The van der Waals surface area contributed by atoms with E-state index in [1.165, 1.54) is 6.07 Å². The molecule has 0 unspecified atom stereocenters. The van der Waals surface area contributed by atoms with Crippen molar-refractivity contribution in [2.24, 2.45) is 0 Å². The van der Waals surface area contributed by atoms with Crippen molar-refractivity contribution in [2.45, 2.75) is 13.3 Å². The van der Waals surface area contributed by atoms with Gasteiger partial charge in [-0.3, -0.25) is 14.9 Å². The number of benzene rings is 1. The Morgan fingerprint density at radius 1 is 1.38 bits per heavy atom. The van der Waals surface area contributed by atoms with Gasteiger partial charge in [0, 0.05) is 11.6 Å². The maximum absolute atomic E-state index is 10.7. The Morgan fingerprint density at radius 2 is 2.05 bits per heavy atom. The van der Waals surface area contributed by atoms with Gasteiger partial charge in [0.15, 0.2) is 0 Å². The van der Waals surface area contributed by atoms with E-state index >= 15 is 0 Å². The normalized spacial score (nSPS) is 10.1. The number of rotatable bonds is 5. The van der Waals surface area contributed by atoms with E-state index in [0.717, 1.165) is 6.20 Å². The van der Waals surface area contributed by atoms with Crippen LogP contribution in [-0.4, -0.2) is 21.0 Å². The maximum Gasteiger partial charge on any atom is 0.307 e. The van der Waals surface area contributed by atoms with E-state index in [9.17, 15) is 14.9 Å². The molecule has 0 saturated carbocycles. The fourth-order valence-corrected chi connectivity index (χ4v) is 1.74. The van der Waals surface area contributed by atoms with Gasteiger partial charge >= 0.3 is 5.97 Å². The lowest BCUT2D eigenvalue weighted by Crippen LogP contribution is -1.99. The lowest BCUT2D eigenvalue weighted by molar-refractivity contribution is -0.385. The Hall–Kier alpha value is -2.96. The summed E-state index contributed by atoms with van der Waals surface area (Å²) in [5.41, 5.74) is 1.04. The second-order valence-corrected chi connectivity index (χ2v) is 4.38. The zero-order chi connectivity index (χ0) is 15.4. The van der Waals surface area contributed by atoms with Crippen LogP contribution in [0.5, 0.6) is 11.6 Å². The number of aliphatic carboxylic acids is 1. The number of carboxylic acids is 1. The Labute approximate surface area is 120 Å². The van der Waals surface area contributed by atoms with Crippen LogP contribution in [0, 0.1) is 17.0 Å². The zero-order valence-electron chi connectivity index (χ0n) is 11.1. The van der Waals surface area contributed by atoms with E-state index in [4.69, 9.17) is 9.84 Å². The van der Waals surface area contributed by atoms with Crippen LogP contribution in [0.15, 0.2) is 36.5 Å². The molecule has 0 atom stereocenters. The molecule has 7 heteroatoms. The minimum absolute atomic E-state index is 0.0603. The summed E-state index contributed by atoms with van der Waals surface area (Å²) in [6.45, 7) is 1.60. The smallest absolute Gasteiger partial charge is 0.307 e. The van der Waals surface area contributed by atoms with Crippen molar-refractivity contribution in [3.63, 3.8) is 0 Å². The minimum atomic E-state index is -0.906. The minimum Gasteiger partial charge on any atom is -0.481 e. The summed E-state index contributed by atoms with van der Waals surface area (Å²) in [5.74, 6) is -0.190. The highest BCUT2D eigenvalue weighted by molar-refractivity contribution is 5.70. The van der Waals surface area contributed by atoms with E-state index in [1.807, 2.05) is 0 Å². The van der Waals surface area contributed by atoms with Crippen LogP contribution >= 0.6 is 0 Å². The number of carbonyl (C=O) groups is 1. The average Bonchev–Trinajstić information content (AvgIpc) is 2.40. The van der Waals surface area contributed by atoms with E-state index in [0.29, 0.717) is 16.9 Å². The van der Waals surface area contributed by atoms with Crippen LogP contribution in [0.25, 0.3) is 0 Å². The third kappa shape index (κ3) is 3.75. The predicted octanol–water partition coefficient (Wildman–Crippen LogP) is 2.72. The highest BCUT2D eigenvalue weighted by Gasteiger charge is 2.12. The topological polar surface area (TPSA) is 103 Å².